The number of rotatable bonds is 6. The Labute approximate surface area is 98.2 Å². The van der Waals surface area contributed by atoms with Gasteiger partial charge in [0.2, 0.25) is 0 Å². The van der Waals surface area contributed by atoms with Crippen molar-refractivity contribution in [3.8, 4) is 0 Å². The molecule has 1 atom stereocenters. The molecule has 1 saturated carbocycles. The monoisotopic (exact) mass is 221 g/mol. The maximum absolute atomic E-state index is 4.44. The van der Waals surface area contributed by atoms with Gasteiger partial charge >= 0.3 is 0 Å². The fourth-order valence-corrected chi connectivity index (χ4v) is 2.27. The van der Waals surface area contributed by atoms with Crippen molar-refractivity contribution in [3.63, 3.8) is 0 Å². The summed E-state index contributed by atoms with van der Waals surface area (Å²) in [6, 6.07) is 2.72. The lowest BCUT2D eigenvalue weighted by molar-refractivity contribution is 0.447. The molecule has 0 saturated heterocycles. The van der Waals surface area contributed by atoms with Crippen molar-refractivity contribution in [1.82, 2.24) is 15.1 Å². The van der Waals surface area contributed by atoms with E-state index in [9.17, 15) is 0 Å². The molecule has 0 aliphatic heterocycles. The quantitative estimate of drug-likeness (QED) is 0.800. The van der Waals surface area contributed by atoms with Crippen molar-refractivity contribution >= 4 is 0 Å². The van der Waals surface area contributed by atoms with Crippen LogP contribution in [0.1, 0.15) is 50.0 Å². The van der Waals surface area contributed by atoms with Gasteiger partial charge in [-0.3, -0.25) is 4.68 Å². The molecule has 3 heteroatoms. The van der Waals surface area contributed by atoms with E-state index in [-0.39, 0.29) is 0 Å². The molecule has 16 heavy (non-hydrogen) atoms. The largest absolute Gasteiger partial charge is 0.309 e. The summed E-state index contributed by atoms with van der Waals surface area (Å²) in [5.74, 6) is 0.949. The molecular formula is C13H23N3. The molecule has 0 aromatic carbocycles. The number of nitrogens with one attached hydrogen (secondary N) is 1. The molecule has 1 aromatic rings. The molecule has 0 spiro atoms. The van der Waals surface area contributed by atoms with Crippen LogP contribution < -0.4 is 5.32 Å². The molecule has 1 heterocycles. The highest BCUT2D eigenvalue weighted by molar-refractivity contribution is 5.13. The zero-order valence-corrected chi connectivity index (χ0v) is 10.7. The summed E-state index contributed by atoms with van der Waals surface area (Å²) in [7, 11) is 2.05. The highest BCUT2D eigenvalue weighted by Crippen LogP contribution is 2.37. The van der Waals surface area contributed by atoms with Crippen LogP contribution in [0.15, 0.2) is 6.07 Å². The summed E-state index contributed by atoms with van der Waals surface area (Å²) in [4.78, 5) is 0. The van der Waals surface area contributed by atoms with Crippen LogP contribution in [-0.4, -0.2) is 16.3 Å². The van der Waals surface area contributed by atoms with Crippen LogP contribution in [0, 0.1) is 12.8 Å². The van der Waals surface area contributed by atoms with Crippen molar-refractivity contribution in [2.24, 2.45) is 13.0 Å². The minimum Gasteiger partial charge on any atom is -0.309 e. The first-order valence-corrected chi connectivity index (χ1v) is 6.44. The van der Waals surface area contributed by atoms with Crippen LogP contribution in [0.2, 0.25) is 0 Å². The molecule has 1 fully saturated rings. The summed E-state index contributed by atoms with van der Waals surface area (Å²) in [5.41, 5.74) is 2.47. The molecule has 3 nitrogen and oxygen atoms in total. The molecule has 1 unspecified atom stereocenters. The van der Waals surface area contributed by atoms with E-state index < -0.39 is 0 Å². The molecular weight excluding hydrogens is 198 g/mol. The van der Waals surface area contributed by atoms with Gasteiger partial charge in [-0.05, 0) is 38.3 Å². The molecule has 1 N–H and O–H groups in total. The zero-order chi connectivity index (χ0) is 11.5. The fourth-order valence-electron chi connectivity index (χ4n) is 2.27. The third-order valence-corrected chi connectivity index (χ3v) is 3.30. The van der Waals surface area contributed by atoms with E-state index in [0.29, 0.717) is 6.04 Å². The molecule has 1 aliphatic rings. The van der Waals surface area contributed by atoms with Crippen molar-refractivity contribution < 1.29 is 0 Å². The van der Waals surface area contributed by atoms with E-state index in [2.05, 4.69) is 37.4 Å². The SMILES string of the molecule is CCCNC(CC1CC1)c1cc(C)nn1C. The highest BCUT2D eigenvalue weighted by Gasteiger charge is 2.27. The summed E-state index contributed by atoms with van der Waals surface area (Å²) in [6.45, 7) is 5.38. The summed E-state index contributed by atoms with van der Waals surface area (Å²) >= 11 is 0. The Morgan fingerprint density at radius 2 is 2.31 bits per heavy atom. The minimum atomic E-state index is 0.499. The number of nitrogens with zero attached hydrogens (tertiary/aromatic N) is 2. The first-order valence-electron chi connectivity index (χ1n) is 6.44. The van der Waals surface area contributed by atoms with Crippen LogP contribution in [-0.2, 0) is 7.05 Å². The normalized spacial score (nSPS) is 17.7. The van der Waals surface area contributed by atoms with Gasteiger partial charge in [-0.2, -0.15) is 5.10 Å². The number of hydrogen-bond acceptors (Lipinski definition) is 2. The number of hydrogen-bond donors (Lipinski definition) is 1. The average Bonchev–Trinajstić information content (AvgIpc) is 2.99. The van der Waals surface area contributed by atoms with E-state index in [1.807, 2.05) is 4.68 Å². The average molecular weight is 221 g/mol. The number of aryl methyl sites for hydroxylation is 2. The summed E-state index contributed by atoms with van der Waals surface area (Å²) < 4.78 is 2.03. The van der Waals surface area contributed by atoms with Gasteiger partial charge in [-0.15, -0.1) is 0 Å². The van der Waals surface area contributed by atoms with E-state index in [1.54, 1.807) is 0 Å². The lowest BCUT2D eigenvalue weighted by Crippen LogP contribution is -2.24. The molecule has 1 aliphatic carbocycles. The van der Waals surface area contributed by atoms with E-state index in [0.717, 1.165) is 18.2 Å². The Hall–Kier alpha value is -0.830. The highest BCUT2D eigenvalue weighted by atomic mass is 15.3. The van der Waals surface area contributed by atoms with Gasteiger partial charge in [-0.25, -0.2) is 0 Å². The molecule has 0 radical (unpaired) electrons. The third kappa shape index (κ3) is 2.85. The standard InChI is InChI=1S/C13H23N3/c1-4-7-14-12(9-11-5-6-11)13-8-10(2)15-16(13)3/h8,11-12,14H,4-7,9H2,1-3H3. The van der Waals surface area contributed by atoms with Crippen molar-refractivity contribution in [1.29, 1.82) is 0 Å². The van der Waals surface area contributed by atoms with E-state index in [4.69, 9.17) is 0 Å². The smallest absolute Gasteiger partial charge is 0.0597 e. The van der Waals surface area contributed by atoms with Crippen LogP contribution >= 0.6 is 0 Å². The maximum Gasteiger partial charge on any atom is 0.0597 e. The topological polar surface area (TPSA) is 29.9 Å². The minimum absolute atomic E-state index is 0.499. The van der Waals surface area contributed by atoms with Crippen LogP contribution in [0.25, 0.3) is 0 Å². The van der Waals surface area contributed by atoms with Gasteiger partial charge < -0.3 is 5.32 Å². The molecule has 90 valence electrons. The molecule has 0 bridgehead atoms. The molecule has 1 aromatic heterocycles. The second kappa shape index (κ2) is 5.00. The molecule has 0 amide bonds. The van der Waals surface area contributed by atoms with Gasteiger partial charge in [0.1, 0.15) is 0 Å². The van der Waals surface area contributed by atoms with Gasteiger partial charge in [0.25, 0.3) is 0 Å². The van der Waals surface area contributed by atoms with E-state index in [1.165, 1.54) is 31.4 Å². The van der Waals surface area contributed by atoms with Crippen LogP contribution in [0.3, 0.4) is 0 Å². The Kier molecular flexibility index (Phi) is 3.64. The Bertz CT molecular complexity index is 339. The van der Waals surface area contributed by atoms with Crippen LogP contribution in [0.5, 0.6) is 0 Å². The van der Waals surface area contributed by atoms with Gasteiger partial charge in [0.15, 0.2) is 0 Å². The van der Waals surface area contributed by atoms with Crippen LogP contribution in [0.4, 0.5) is 0 Å². The first-order chi connectivity index (χ1) is 7.70. The fraction of sp³-hybridized carbons (Fsp3) is 0.769. The predicted octanol–water partition coefficient (Wildman–Crippen LogP) is 2.57. The van der Waals surface area contributed by atoms with Gasteiger partial charge in [-0.1, -0.05) is 19.8 Å². The Morgan fingerprint density at radius 3 is 2.81 bits per heavy atom. The number of aromatic nitrogens is 2. The lowest BCUT2D eigenvalue weighted by atomic mass is 10.1. The van der Waals surface area contributed by atoms with Crippen molar-refractivity contribution in [2.45, 2.75) is 45.6 Å². The van der Waals surface area contributed by atoms with Crippen molar-refractivity contribution in [3.05, 3.63) is 17.5 Å². The predicted molar refractivity (Wildman–Crippen MR) is 66.3 cm³/mol. The summed E-state index contributed by atoms with van der Waals surface area (Å²) in [5, 5.41) is 8.09. The Balaban J connectivity index is 2.06. The second-order valence-corrected chi connectivity index (χ2v) is 5.02. The molecule has 2 rings (SSSR count). The summed E-state index contributed by atoms with van der Waals surface area (Å²) in [6.07, 6.45) is 5.30. The van der Waals surface area contributed by atoms with E-state index >= 15 is 0 Å². The lowest BCUT2D eigenvalue weighted by Gasteiger charge is -2.18. The maximum atomic E-state index is 4.44. The second-order valence-electron chi connectivity index (χ2n) is 5.02. The Morgan fingerprint density at radius 1 is 1.56 bits per heavy atom. The third-order valence-electron chi connectivity index (χ3n) is 3.30. The zero-order valence-electron chi connectivity index (χ0n) is 10.7. The van der Waals surface area contributed by atoms with Crippen molar-refractivity contribution in [2.75, 3.05) is 6.54 Å². The van der Waals surface area contributed by atoms with Gasteiger partial charge in [0.05, 0.1) is 11.4 Å². The first kappa shape index (κ1) is 11.6. The van der Waals surface area contributed by atoms with Gasteiger partial charge in [0, 0.05) is 13.1 Å².